The van der Waals surface area contributed by atoms with E-state index in [-0.39, 0.29) is 17.3 Å². The molecule has 0 aromatic heterocycles. The summed E-state index contributed by atoms with van der Waals surface area (Å²) in [6.45, 7) is 3.36. The van der Waals surface area contributed by atoms with Gasteiger partial charge in [-0.2, -0.15) is 0 Å². The molecule has 1 rings (SSSR count). The summed E-state index contributed by atoms with van der Waals surface area (Å²) in [6.07, 6.45) is 0.857. The van der Waals surface area contributed by atoms with Gasteiger partial charge in [-0.05, 0) is 44.4 Å². The van der Waals surface area contributed by atoms with Crippen molar-refractivity contribution in [1.29, 1.82) is 0 Å². The minimum absolute atomic E-state index is 0.0182. The summed E-state index contributed by atoms with van der Waals surface area (Å²) >= 11 is 0. The zero-order valence-electron chi connectivity index (χ0n) is 12.6. The monoisotopic (exact) mass is 314 g/mol. The van der Waals surface area contributed by atoms with Crippen LogP contribution in [-0.2, 0) is 24.8 Å². The fourth-order valence-electron chi connectivity index (χ4n) is 1.97. The number of esters is 1. The molecule has 0 heterocycles. The summed E-state index contributed by atoms with van der Waals surface area (Å²) < 4.78 is 29.2. The Morgan fingerprint density at radius 3 is 2.52 bits per heavy atom. The van der Waals surface area contributed by atoms with E-state index in [0.717, 1.165) is 0 Å². The molecule has 0 aliphatic rings. The van der Waals surface area contributed by atoms with Crippen LogP contribution in [0.5, 0.6) is 0 Å². The highest BCUT2D eigenvalue weighted by atomic mass is 32.2. The molecule has 0 saturated heterocycles. The van der Waals surface area contributed by atoms with E-state index in [1.54, 1.807) is 26.0 Å². The van der Waals surface area contributed by atoms with Crippen molar-refractivity contribution in [3.8, 4) is 0 Å². The smallest absolute Gasteiger partial charge is 0.315 e. The molecule has 0 unspecified atom stereocenters. The van der Waals surface area contributed by atoms with Crippen LogP contribution in [0, 0.1) is 0 Å². The van der Waals surface area contributed by atoms with Gasteiger partial charge in [-0.15, -0.1) is 0 Å². The van der Waals surface area contributed by atoms with Crippen LogP contribution in [0.2, 0.25) is 0 Å². The third-order valence-corrected chi connectivity index (χ3v) is 5.23. The van der Waals surface area contributed by atoms with Crippen molar-refractivity contribution in [3.05, 3.63) is 29.8 Å². The number of hydrogen-bond acceptors (Lipinski definition) is 5. The quantitative estimate of drug-likeness (QED) is 0.612. The molecule has 1 N–H and O–H groups in total. The van der Waals surface area contributed by atoms with E-state index in [1.165, 1.54) is 19.2 Å². The lowest BCUT2D eigenvalue weighted by Crippen LogP contribution is -2.30. The maximum atomic E-state index is 12.2. The normalized spacial score (nSPS) is 12.2. The number of sulfone groups is 1. The van der Waals surface area contributed by atoms with E-state index < -0.39 is 21.2 Å². The van der Waals surface area contributed by atoms with Crippen molar-refractivity contribution in [3.63, 3.8) is 0 Å². The number of rotatable bonds is 7. The predicted molar refractivity (Wildman–Crippen MR) is 79.9 cm³/mol. The van der Waals surface area contributed by atoms with Crippen LogP contribution in [0.15, 0.2) is 29.2 Å². The maximum absolute atomic E-state index is 12.2. The molecule has 6 heteroatoms. The molecule has 0 amide bonds. The van der Waals surface area contributed by atoms with E-state index >= 15 is 0 Å². The first-order chi connectivity index (χ1) is 9.75. The van der Waals surface area contributed by atoms with Crippen LogP contribution >= 0.6 is 0 Å². The molecule has 0 spiro atoms. The summed E-state index contributed by atoms with van der Waals surface area (Å²) in [4.78, 5) is 12.0. The zero-order valence-corrected chi connectivity index (χ0v) is 13.4. The third kappa shape index (κ3) is 4.28. The van der Waals surface area contributed by atoms with Crippen LogP contribution in [0.25, 0.3) is 0 Å². The van der Waals surface area contributed by atoms with Crippen LogP contribution < -0.4 is 0 Å². The second-order valence-electron chi connectivity index (χ2n) is 5.39. The summed E-state index contributed by atoms with van der Waals surface area (Å²) in [5.74, 6) is -0.437. The van der Waals surface area contributed by atoms with Gasteiger partial charge in [0.2, 0.25) is 0 Å². The molecular formula is C15H22O5S. The van der Waals surface area contributed by atoms with E-state index in [0.29, 0.717) is 18.4 Å². The summed E-state index contributed by atoms with van der Waals surface area (Å²) in [6, 6.07) is 6.37. The van der Waals surface area contributed by atoms with E-state index in [1.807, 2.05) is 0 Å². The van der Waals surface area contributed by atoms with Crippen molar-refractivity contribution in [1.82, 2.24) is 0 Å². The van der Waals surface area contributed by atoms with Gasteiger partial charge in [-0.25, -0.2) is 8.42 Å². The topological polar surface area (TPSA) is 80.7 Å². The molecule has 0 bridgehead atoms. The molecule has 0 saturated carbocycles. The molecule has 1 aromatic rings. The van der Waals surface area contributed by atoms with Crippen LogP contribution in [0.3, 0.4) is 0 Å². The van der Waals surface area contributed by atoms with Crippen LogP contribution in [0.4, 0.5) is 0 Å². The Labute approximate surface area is 125 Å². The summed E-state index contributed by atoms with van der Waals surface area (Å²) in [5, 5.41) is 8.73. The van der Waals surface area contributed by atoms with Gasteiger partial charge in [0.15, 0.2) is 9.84 Å². The molecule has 21 heavy (non-hydrogen) atoms. The number of hydrogen-bond donors (Lipinski definition) is 1. The van der Waals surface area contributed by atoms with E-state index in [9.17, 15) is 13.2 Å². The highest BCUT2D eigenvalue weighted by molar-refractivity contribution is 7.91. The van der Waals surface area contributed by atoms with Gasteiger partial charge in [-0.3, -0.25) is 4.79 Å². The molecular weight excluding hydrogens is 292 g/mol. The Balaban J connectivity index is 3.08. The Morgan fingerprint density at radius 2 is 1.95 bits per heavy atom. The molecule has 0 fully saturated rings. The highest BCUT2D eigenvalue weighted by Crippen LogP contribution is 2.27. The standard InChI is InChI=1S/C15H22O5S/c1-15(2,14(17)20-3)12-7-6-8-13(11-12)21(18,19)10-5-4-9-16/h6-8,11,16H,4-5,9-10H2,1-3H3. The number of ether oxygens (including phenoxy) is 1. The number of carbonyl (C=O) groups is 1. The van der Waals surface area contributed by atoms with Gasteiger partial charge < -0.3 is 9.84 Å². The predicted octanol–water partition coefficient (Wildman–Crippen LogP) is 1.68. The Kier molecular flexibility index (Phi) is 5.92. The SMILES string of the molecule is COC(=O)C(C)(C)c1cccc(S(=O)(=O)CCCCO)c1. The first-order valence-electron chi connectivity index (χ1n) is 6.78. The second-order valence-corrected chi connectivity index (χ2v) is 7.50. The number of aliphatic hydroxyl groups excluding tert-OH is 1. The average molecular weight is 314 g/mol. The molecule has 0 atom stereocenters. The van der Waals surface area contributed by atoms with Gasteiger partial charge in [0.05, 0.1) is 23.2 Å². The fraction of sp³-hybridized carbons (Fsp3) is 0.533. The number of methoxy groups -OCH3 is 1. The lowest BCUT2D eigenvalue weighted by molar-refractivity contribution is -0.146. The highest BCUT2D eigenvalue weighted by Gasteiger charge is 2.31. The van der Waals surface area contributed by atoms with Gasteiger partial charge in [0.25, 0.3) is 0 Å². The van der Waals surface area contributed by atoms with Crippen LogP contribution in [-0.4, -0.2) is 39.0 Å². The van der Waals surface area contributed by atoms with Crippen LogP contribution in [0.1, 0.15) is 32.3 Å². The minimum atomic E-state index is -3.41. The Morgan fingerprint density at radius 1 is 1.29 bits per heavy atom. The second kappa shape index (κ2) is 7.04. The first kappa shape index (κ1) is 17.7. The largest absolute Gasteiger partial charge is 0.468 e. The van der Waals surface area contributed by atoms with Crippen molar-refractivity contribution in [2.45, 2.75) is 37.0 Å². The zero-order chi connectivity index (χ0) is 16.1. The molecule has 0 aliphatic carbocycles. The maximum Gasteiger partial charge on any atom is 0.315 e. The summed E-state index contributed by atoms with van der Waals surface area (Å²) in [7, 11) is -2.11. The van der Waals surface area contributed by atoms with Crippen molar-refractivity contribution in [2.75, 3.05) is 19.5 Å². The lowest BCUT2D eigenvalue weighted by atomic mass is 9.85. The molecule has 5 nitrogen and oxygen atoms in total. The fourth-order valence-corrected chi connectivity index (χ4v) is 3.39. The van der Waals surface area contributed by atoms with Gasteiger partial charge in [0, 0.05) is 6.61 Å². The van der Waals surface area contributed by atoms with E-state index in [4.69, 9.17) is 9.84 Å². The van der Waals surface area contributed by atoms with Crippen molar-refractivity contribution < 1.29 is 23.1 Å². The van der Waals surface area contributed by atoms with Crippen molar-refractivity contribution >= 4 is 15.8 Å². The number of aliphatic hydroxyl groups is 1. The number of carbonyl (C=O) groups excluding carboxylic acids is 1. The molecule has 118 valence electrons. The van der Waals surface area contributed by atoms with E-state index in [2.05, 4.69) is 0 Å². The third-order valence-electron chi connectivity index (χ3n) is 3.43. The van der Waals surface area contributed by atoms with Crippen molar-refractivity contribution in [2.24, 2.45) is 0 Å². The number of benzene rings is 1. The van der Waals surface area contributed by atoms with Gasteiger partial charge >= 0.3 is 5.97 Å². The Bertz CT molecular complexity index is 590. The molecule has 0 aliphatic heterocycles. The van der Waals surface area contributed by atoms with Gasteiger partial charge in [-0.1, -0.05) is 12.1 Å². The first-order valence-corrected chi connectivity index (χ1v) is 8.43. The summed E-state index contributed by atoms with van der Waals surface area (Å²) in [5.41, 5.74) is -0.316. The minimum Gasteiger partial charge on any atom is -0.468 e. The lowest BCUT2D eigenvalue weighted by Gasteiger charge is -2.22. The van der Waals surface area contributed by atoms with Gasteiger partial charge in [0.1, 0.15) is 0 Å². The average Bonchev–Trinajstić information content (AvgIpc) is 2.46. The molecule has 1 aromatic carbocycles. The Hall–Kier alpha value is -1.40. The molecule has 0 radical (unpaired) electrons. The number of unbranched alkanes of at least 4 members (excludes halogenated alkanes) is 1.